The van der Waals surface area contributed by atoms with Crippen molar-refractivity contribution in [2.45, 2.75) is 13.0 Å². The molecule has 2 rings (SSSR count). The van der Waals surface area contributed by atoms with Gasteiger partial charge in [-0.2, -0.15) is 0 Å². The van der Waals surface area contributed by atoms with Crippen molar-refractivity contribution in [2.24, 2.45) is 7.05 Å². The SMILES string of the molecule is Cn1ccnc1CC(=O)NCc1ccccc1. The lowest BCUT2D eigenvalue weighted by atomic mass is 10.2. The quantitative estimate of drug-likeness (QED) is 0.858. The summed E-state index contributed by atoms with van der Waals surface area (Å²) in [6.45, 7) is 0.560. The van der Waals surface area contributed by atoms with E-state index in [0.717, 1.165) is 11.4 Å². The van der Waals surface area contributed by atoms with Gasteiger partial charge in [-0.05, 0) is 5.56 Å². The largest absolute Gasteiger partial charge is 0.352 e. The van der Waals surface area contributed by atoms with Gasteiger partial charge in [0.15, 0.2) is 0 Å². The van der Waals surface area contributed by atoms with Crippen molar-refractivity contribution in [1.29, 1.82) is 0 Å². The first-order valence-electron chi connectivity index (χ1n) is 5.52. The Labute approximate surface area is 100 Å². The summed E-state index contributed by atoms with van der Waals surface area (Å²) in [4.78, 5) is 15.8. The number of nitrogens with one attached hydrogen (secondary N) is 1. The van der Waals surface area contributed by atoms with E-state index in [1.807, 2.05) is 48.1 Å². The summed E-state index contributed by atoms with van der Waals surface area (Å²) in [6.07, 6.45) is 3.84. The molecule has 1 N–H and O–H groups in total. The van der Waals surface area contributed by atoms with E-state index in [2.05, 4.69) is 10.3 Å². The van der Waals surface area contributed by atoms with Crippen LogP contribution in [-0.2, 0) is 24.8 Å². The number of aryl methyl sites for hydroxylation is 1. The van der Waals surface area contributed by atoms with E-state index in [1.165, 1.54) is 0 Å². The van der Waals surface area contributed by atoms with Gasteiger partial charge in [-0.15, -0.1) is 0 Å². The number of carbonyl (C=O) groups is 1. The van der Waals surface area contributed by atoms with E-state index >= 15 is 0 Å². The third-order valence-corrected chi connectivity index (χ3v) is 2.57. The highest BCUT2D eigenvalue weighted by Gasteiger charge is 2.06. The minimum atomic E-state index is -0.0110. The molecule has 0 saturated carbocycles. The van der Waals surface area contributed by atoms with Gasteiger partial charge in [-0.3, -0.25) is 4.79 Å². The minimum absolute atomic E-state index is 0.0110. The summed E-state index contributed by atoms with van der Waals surface area (Å²) in [5.41, 5.74) is 1.10. The number of amides is 1. The van der Waals surface area contributed by atoms with Crippen molar-refractivity contribution in [3.8, 4) is 0 Å². The summed E-state index contributed by atoms with van der Waals surface area (Å²) in [7, 11) is 1.88. The molecule has 0 aliphatic rings. The molecule has 88 valence electrons. The van der Waals surface area contributed by atoms with Gasteiger partial charge in [-0.1, -0.05) is 30.3 Å². The van der Waals surface area contributed by atoms with E-state index < -0.39 is 0 Å². The topological polar surface area (TPSA) is 46.9 Å². The van der Waals surface area contributed by atoms with Crippen molar-refractivity contribution >= 4 is 5.91 Å². The number of imidazole rings is 1. The fourth-order valence-electron chi connectivity index (χ4n) is 1.57. The lowest BCUT2D eigenvalue weighted by Gasteiger charge is -2.05. The van der Waals surface area contributed by atoms with E-state index in [4.69, 9.17) is 0 Å². The molecule has 17 heavy (non-hydrogen) atoms. The van der Waals surface area contributed by atoms with Crippen LogP contribution >= 0.6 is 0 Å². The Bertz CT molecular complexity index is 490. The average molecular weight is 229 g/mol. The molecule has 1 aromatic heterocycles. The molecule has 0 unspecified atom stereocenters. The summed E-state index contributed by atoms with van der Waals surface area (Å²) < 4.78 is 1.85. The zero-order chi connectivity index (χ0) is 12.1. The van der Waals surface area contributed by atoms with Gasteiger partial charge in [0.25, 0.3) is 0 Å². The van der Waals surface area contributed by atoms with Gasteiger partial charge in [0, 0.05) is 26.0 Å². The lowest BCUT2D eigenvalue weighted by Crippen LogP contribution is -2.25. The summed E-state index contributed by atoms with van der Waals surface area (Å²) in [6, 6.07) is 9.85. The fraction of sp³-hybridized carbons (Fsp3) is 0.231. The van der Waals surface area contributed by atoms with Gasteiger partial charge in [0.1, 0.15) is 5.82 Å². The first-order valence-corrected chi connectivity index (χ1v) is 5.52. The van der Waals surface area contributed by atoms with Crippen molar-refractivity contribution in [1.82, 2.24) is 14.9 Å². The highest BCUT2D eigenvalue weighted by molar-refractivity contribution is 5.77. The van der Waals surface area contributed by atoms with Crippen LogP contribution in [-0.4, -0.2) is 15.5 Å². The third-order valence-electron chi connectivity index (χ3n) is 2.57. The van der Waals surface area contributed by atoms with Gasteiger partial charge in [0.05, 0.1) is 6.42 Å². The molecule has 4 nitrogen and oxygen atoms in total. The van der Waals surface area contributed by atoms with Crippen LogP contribution in [0.3, 0.4) is 0 Å². The molecule has 0 aliphatic heterocycles. The Kier molecular flexibility index (Phi) is 3.55. The van der Waals surface area contributed by atoms with Crippen LogP contribution in [0.15, 0.2) is 42.7 Å². The molecule has 4 heteroatoms. The van der Waals surface area contributed by atoms with Crippen molar-refractivity contribution in [2.75, 3.05) is 0 Å². The molecule has 0 aliphatic carbocycles. The number of carbonyl (C=O) groups excluding carboxylic acids is 1. The molecule has 0 saturated heterocycles. The Morgan fingerprint density at radius 2 is 2.12 bits per heavy atom. The summed E-state index contributed by atoms with van der Waals surface area (Å²) in [5.74, 6) is 0.763. The highest BCUT2D eigenvalue weighted by Crippen LogP contribution is 1.99. The predicted molar refractivity (Wildman–Crippen MR) is 65.2 cm³/mol. The normalized spacial score (nSPS) is 10.2. The Balaban J connectivity index is 1.85. The average Bonchev–Trinajstić information content (AvgIpc) is 2.74. The van der Waals surface area contributed by atoms with Crippen LogP contribution in [0.2, 0.25) is 0 Å². The number of hydrogen-bond acceptors (Lipinski definition) is 2. The zero-order valence-electron chi connectivity index (χ0n) is 9.76. The molecule has 1 heterocycles. The minimum Gasteiger partial charge on any atom is -0.352 e. The molecule has 2 aromatic rings. The summed E-state index contributed by atoms with van der Waals surface area (Å²) in [5, 5.41) is 2.87. The third kappa shape index (κ3) is 3.17. The second-order valence-corrected chi connectivity index (χ2v) is 3.89. The number of hydrogen-bond donors (Lipinski definition) is 1. The summed E-state index contributed by atoms with van der Waals surface area (Å²) >= 11 is 0. The fourth-order valence-corrected chi connectivity index (χ4v) is 1.57. The van der Waals surface area contributed by atoms with Crippen molar-refractivity contribution < 1.29 is 4.79 Å². The van der Waals surface area contributed by atoms with Gasteiger partial charge in [0.2, 0.25) is 5.91 Å². The maximum Gasteiger partial charge on any atom is 0.227 e. The molecule has 0 fully saturated rings. The maximum atomic E-state index is 11.7. The predicted octanol–water partition coefficient (Wildman–Crippen LogP) is 1.28. The van der Waals surface area contributed by atoms with E-state index in [0.29, 0.717) is 13.0 Å². The second-order valence-electron chi connectivity index (χ2n) is 3.89. The van der Waals surface area contributed by atoms with Gasteiger partial charge in [-0.25, -0.2) is 4.98 Å². The Morgan fingerprint density at radius 3 is 2.76 bits per heavy atom. The van der Waals surface area contributed by atoms with Gasteiger partial charge < -0.3 is 9.88 Å². The van der Waals surface area contributed by atoms with Crippen LogP contribution in [0, 0.1) is 0 Å². The van der Waals surface area contributed by atoms with E-state index in [9.17, 15) is 4.79 Å². The maximum absolute atomic E-state index is 11.7. The van der Waals surface area contributed by atoms with Crippen LogP contribution in [0.25, 0.3) is 0 Å². The van der Waals surface area contributed by atoms with E-state index in [-0.39, 0.29) is 5.91 Å². The molecular formula is C13H15N3O. The molecule has 0 spiro atoms. The van der Waals surface area contributed by atoms with Crippen LogP contribution < -0.4 is 5.32 Å². The molecular weight excluding hydrogens is 214 g/mol. The van der Waals surface area contributed by atoms with Crippen LogP contribution in [0.1, 0.15) is 11.4 Å². The Morgan fingerprint density at radius 1 is 1.35 bits per heavy atom. The van der Waals surface area contributed by atoms with Gasteiger partial charge >= 0.3 is 0 Å². The number of aromatic nitrogens is 2. The molecule has 1 aromatic carbocycles. The van der Waals surface area contributed by atoms with Crippen LogP contribution in [0.4, 0.5) is 0 Å². The van der Waals surface area contributed by atoms with Crippen LogP contribution in [0.5, 0.6) is 0 Å². The highest BCUT2D eigenvalue weighted by atomic mass is 16.1. The first kappa shape index (κ1) is 11.4. The molecule has 0 radical (unpaired) electrons. The molecule has 0 bridgehead atoms. The molecule has 1 amide bonds. The molecule has 0 atom stereocenters. The zero-order valence-corrected chi connectivity index (χ0v) is 9.76. The number of nitrogens with zero attached hydrogens (tertiary/aromatic N) is 2. The Hall–Kier alpha value is -2.10. The first-order chi connectivity index (χ1) is 8.25. The lowest BCUT2D eigenvalue weighted by molar-refractivity contribution is -0.120. The van der Waals surface area contributed by atoms with Crippen molar-refractivity contribution in [3.05, 3.63) is 54.1 Å². The number of rotatable bonds is 4. The monoisotopic (exact) mass is 229 g/mol. The van der Waals surface area contributed by atoms with E-state index in [1.54, 1.807) is 6.20 Å². The number of benzene rings is 1. The van der Waals surface area contributed by atoms with Crippen molar-refractivity contribution in [3.63, 3.8) is 0 Å². The smallest absolute Gasteiger partial charge is 0.227 e. The standard InChI is InChI=1S/C13H15N3O/c1-16-8-7-14-12(16)9-13(17)15-10-11-5-3-2-4-6-11/h2-8H,9-10H2,1H3,(H,15,17). The second kappa shape index (κ2) is 5.30.